The van der Waals surface area contributed by atoms with Crippen LogP contribution in [0.15, 0.2) is 71.3 Å². The smallest absolute Gasteiger partial charge is 0.287 e. The standard InChI is InChI=1S/C27H28FN3O4/c1-18-8-14-22(15-9-18)31(24(32)17-29-26(33)23-7-4-16-35-23)25(19-10-12-20(28)13-11-19)27(34)30-21-5-2-3-6-21/h4,7-16,21,25H,2-3,5-6,17H2,1H3,(H,29,33)(H,30,34)/t25-/m1/s1. The van der Waals surface area contributed by atoms with Crippen molar-refractivity contribution in [1.82, 2.24) is 10.6 Å². The first-order valence-electron chi connectivity index (χ1n) is 11.7. The van der Waals surface area contributed by atoms with E-state index in [1.807, 2.05) is 19.1 Å². The summed E-state index contributed by atoms with van der Waals surface area (Å²) in [5.41, 5.74) is 1.94. The number of aryl methyl sites for hydroxylation is 1. The van der Waals surface area contributed by atoms with Crippen molar-refractivity contribution in [3.63, 3.8) is 0 Å². The number of carbonyl (C=O) groups excluding carboxylic acids is 3. The summed E-state index contributed by atoms with van der Waals surface area (Å²) >= 11 is 0. The van der Waals surface area contributed by atoms with Crippen molar-refractivity contribution in [1.29, 1.82) is 0 Å². The lowest BCUT2D eigenvalue weighted by Crippen LogP contribution is -2.49. The van der Waals surface area contributed by atoms with Crippen LogP contribution in [-0.2, 0) is 9.59 Å². The zero-order chi connectivity index (χ0) is 24.8. The molecular formula is C27H28FN3O4. The van der Waals surface area contributed by atoms with Crippen LogP contribution >= 0.6 is 0 Å². The fourth-order valence-electron chi connectivity index (χ4n) is 4.29. The maximum Gasteiger partial charge on any atom is 0.287 e. The van der Waals surface area contributed by atoms with E-state index >= 15 is 0 Å². The molecule has 4 rings (SSSR count). The lowest BCUT2D eigenvalue weighted by atomic mass is 10.0. The average Bonchev–Trinajstić information content (AvgIpc) is 3.57. The van der Waals surface area contributed by atoms with Gasteiger partial charge >= 0.3 is 0 Å². The third-order valence-electron chi connectivity index (χ3n) is 6.12. The van der Waals surface area contributed by atoms with Crippen LogP contribution in [-0.4, -0.2) is 30.3 Å². The van der Waals surface area contributed by atoms with Crippen molar-refractivity contribution < 1.29 is 23.2 Å². The normalized spacial score (nSPS) is 14.3. The van der Waals surface area contributed by atoms with Crippen LogP contribution in [0.5, 0.6) is 0 Å². The Hall–Kier alpha value is -3.94. The van der Waals surface area contributed by atoms with Gasteiger partial charge in [0, 0.05) is 11.7 Å². The molecule has 0 saturated heterocycles. The number of anilines is 1. The minimum atomic E-state index is -1.05. The monoisotopic (exact) mass is 477 g/mol. The minimum Gasteiger partial charge on any atom is -0.459 e. The van der Waals surface area contributed by atoms with Gasteiger partial charge in [-0.2, -0.15) is 0 Å². The average molecular weight is 478 g/mol. The van der Waals surface area contributed by atoms with E-state index in [-0.39, 0.29) is 24.3 Å². The molecule has 1 aliphatic carbocycles. The van der Waals surface area contributed by atoms with Crippen LogP contribution in [0.4, 0.5) is 10.1 Å². The number of hydrogen-bond acceptors (Lipinski definition) is 4. The van der Waals surface area contributed by atoms with Gasteiger partial charge in [0.25, 0.3) is 5.91 Å². The van der Waals surface area contributed by atoms with Gasteiger partial charge in [0.1, 0.15) is 11.9 Å². The highest BCUT2D eigenvalue weighted by Crippen LogP contribution is 2.30. The summed E-state index contributed by atoms with van der Waals surface area (Å²) < 4.78 is 18.8. The van der Waals surface area contributed by atoms with E-state index < -0.39 is 23.7 Å². The summed E-state index contributed by atoms with van der Waals surface area (Å²) in [6.45, 7) is 1.56. The highest BCUT2D eigenvalue weighted by Gasteiger charge is 2.34. The van der Waals surface area contributed by atoms with Crippen LogP contribution < -0.4 is 15.5 Å². The molecule has 1 fully saturated rings. The van der Waals surface area contributed by atoms with E-state index in [1.54, 1.807) is 18.2 Å². The Labute approximate surface area is 203 Å². The summed E-state index contributed by atoms with van der Waals surface area (Å²) in [7, 11) is 0. The van der Waals surface area contributed by atoms with E-state index in [0.717, 1.165) is 31.2 Å². The molecule has 0 spiro atoms. The zero-order valence-corrected chi connectivity index (χ0v) is 19.5. The lowest BCUT2D eigenvalue weighted by molar-refractivity contribution is -0.126. The Balaban J connectivity index is 1.67. The number of nitrogens with one attached hydrogen (secondary N) is 2. The van der Waals surface area contributed by atoms with E-state index in [1.165, 1.54) is 41.5 Å². The van der Waals surface area contributed by atoms with Crippen molar-refractivity contribution in [3.8, 4) is 0 Å². The van der Waals surface area contributed by atoms with Crippen LogP contribution in [0.25, 0.3) is 0 Å². The summed E-state index contributed by atoms with van der Waals surface area (Å²) in [5.74, 6) is -1.75. The minimum absolute atomic E-state index is 0.0269. The maximum atomic E-state index is 13.7. The number of benzene rings is 2. The molecule has 182 valence electrons. The maximum absolute atomic E-state index is 13.7. The summed E-state index contributed by atoms with van der Waals surface area (Å²) in [5, 5.41) is 5.63. The van der Waals surface area contributed by atoms with Crippen molar-refractivity contribution in [2.24, 2.45) is 0 Å². The highest BCUT2D eigenvalue weighted by atomic mass is 19.1. The van der Waals surface area contributed by atoms with Gasteiger partial charge in [-0.1, -0.05) is 42.7 Å². The predicted molar refractivity (Wildman–Crippen MR) is 129 cm³/mol. The molecule has 2 N–H and O–H groups in total. The van der Waals surface area contributed by atoms with E-state index in [2.05, 4.69) is 10.6 Å². The molecule has 1 heterocycles. The van der Waals surface area contributed by atoms with Gasteiger partial charge in [0.05, 0.1) is 12.8 Å². The molecule has 7 nitrogen and oxygen atoms in total. The largest absolute Gasteiger partial charge is 0.459 e. The van der Waals surface area contributed by atoms with Crippen LogP contribution in [0.1, 0.15) is 53.4 Å². The first-order valence-corrected chi connectivity index (χ1v) is 11.7. The van der Waals surface area contributed by atoms with E-state index in [9.17, 15) is 18.8 Å². The van der Waals surface area contributed by atoms with Crippen molar-refractivity contribution in [2.45, 2.75) is 44.7 Å². The first kappa shape index (κ1) is 24.2. The Morgan fingerprint density at radius 2 is 1.71 bits per heavy atom. The van der Waals surface area contributed by atoms with Gasteiger partial charge in [-0.05, 0) is 61.7 Å². The number of nitrogens with zero attached hydrogens (tertiary/aromatic N) is 1. The molecule has 1 atom stereocenters. The lowest BCUT2D eigenvalue weighted by Gasteiger charge is -2.32. The molecule has 3 aromatic rings. The number of halogens is 1. The highest BCUT2D eigenvalue weighted by molar-refractivity contribution is 6.04. The van der Waals surface area contributed by atoms with Crippen LogP contribution in [0.2, 0.25) is 0 Å². The molecule has 0 unspecified atom stereocenters. The SMILES string of the molecule is Cc1ccc(N(C(=O)CNC(=O)c2ccco2)[C@@H](C(=O)NC2CCCC2)c2ccc(F)cc2)cc1. The van der Waals surface area contributed by atoms with Gasteiger partial charge in [-0.3, -0.25) is 19.3 Å². The molecule has 8 heteroatoms. The van der Waals surface area contributed by atoms with Gasteiger partial charge < -0.3 is 15.1 Å². The molecule has 1 aromatic heterocycles. The Morgan fingerprint density at radius 3 is 2.34 bits per heavy atom. The molecule has 2 aromatic carbocycles. The van der Waals surface area contributed by atoms with E-state index in [0.29, 0.717) is 11.3 Å². The van der Waals surface area contributed by atoms with E-state index in [4.69, 9.17) is 4.42 Å². The second-order valence-corrected chi connectivity index (χ2v) is 8.70. The molecule has 1 aliphatic rings. The Morgan fingerprint density at radius 1 is 1.03 bits per heavy atom. The molecule has 0 radical (unpaired) electrons. The fourth-order valence-corrected chi connectivity index (χ4v) is 4.29. The van der Waals surface area contributed by atoms with Crippen molar-refractivity contribution >= 4 is 23.4 Å². The fraction of sp³-hybridized carbons (Fsp3) is 0.296. The third-order valence-corrected chi connectivity index (χ3v) is 6.12. The van der Waals surface area contributed by atoms with Crippen LogP contribution in [0, 0.1) is 12.7 Å². The van der Waals surface area contributed by atoms with Gasteiger partial charge in [-0.25, -0.2) is 4.39 Å². The molecule has 1 saturated carbocycles. The van der Waals surface area contributed by atoms with Crippen molar-refractivity contribution in [3.05, 3.63) is 89.6 Å². The number of rotatable bonds is 8. The van der Waals surface area contributed by atoms with Crippen molar-refractivity contribution in [2.75, 3.05) is 11.4 Å². The van der Waals surface area contributed by atoms with Gasteiger partial charge in [-0.15, -0.1) is 0 Å². The van der Waals surface area contributed by atoms with Crippen LogP contribution in [0.3, 0.4) is 0 Å². The molecule has 35 heavy (non-hydrogen) atoms. The third kappa shape index (κ3) is 5.95. The Bertz CT molecular complexity index is 1150. The Kier molecular flexibility index (Phi) is 7.60. The second kappa shape index (κ2) is 11.0. The number of hydrogen-bond donors (Lipinski definition) is 2. The van der Waals surface area contributed by atoms with Gasteiger partial charge in [0.15, 0.2) is 5.76 Å². The van der Waals surface area contributed by atoms with Gasteiger partial charge in [0.2, 0.25) is 11.8 Å². The molecule has 0 bridgehead atoms. The second-order valence-electron chi connectivity index (χ2n) is 8.70. The zero-order valence-electron chi connectivity index (χ0n) is 19.5. The number of carbonyl (C=O) groups is 3. The predicted octanol–water partition coefficient (Wildman–Crippen LogP) is 4.29. The molecular weight excluding hydrogens is 449 g/mol. The quantitative estimate of drug-likeness (QED) is 0.506. The summed E-state index contributed by atoms with van der Waals surface area (Å²) in [6.07, 6.45) is 5.18. The summed E-state index contributed by atoms with van der Waals surface area (Å²) in [4.78, 5) is 40.9. The topological polar surface area (TPSA) is 91.7 Å². The first-order chi connectivity index (χ1) is 16.9. The number of furan rings is 1. The summed E-state index contributed by atoms with van der Waals surface area (Å²) in [6, 6.07) is 14.8. The number of amides is 3. The molecule has 3 amide bonds. The molecule has 0 aliphatic heterocycles.